The van der Waals surface area contributed by atoms with Crippen molar-refractivity contribution in [2.24, 2.45) is 10.7 Å². The molecule has 6 heteroatoms. The van der Waals surface area contributed by atoms with Gasteiger partial charge in [0.2, 0.25) is 5.91 Å². The van der Waals surface area contributed by atoms with Crippen LogP contribution in [0.5, 0.6) is 0 Å². The molecule has 1 amide bonds. The number of amides is 1. The van der Waals surface area contributed by atoms with Gasteiger partial charge in [0.15, 0.2) is 5.96 Å². The van der Waals surface area contributed by atoms with Crippen LogP contribution in [0, 0.1) is 0 Å². The van der Waals surface area contributed by atoms with Gasteiger partial charge in [-0.1, -0.05) is 25.0 Å². The van der Waals surface area contributed by atoms with Gasteiger partial charge in [-0.3, -0.25) is 4.79 Å². The number of benzene rings is 1. The maximum atomic E-state index is 11.1. The molecule has 0 aromatic heterocycles. The number of hydrogen-bond donors (Lipinski definition) is 2. The average Bonchev–Trinajstić information content (AvgIpc) is 2.73. The van der Waals surface area contributed by atoms with Crippen molar-refractivity contribution >= 4 is 41.5 Å². The predicted octanol–water partition coefficient (Wildman–Crippen LogP) is 2.95. The summed E-state index contributed by atoms with van der Waals surface area (Å²) in [7, 11) is 0. The van der Waals surface area contributed by atoms with Gasteiger partial charge in [0.05, 0.1) is 6.54 Å². The van der Waals surface area contributed by atoms with Crippen LogP contribution in [0.1, 0.15) is 38.2 Å². The molecule has 0 spiro atoms. The molecule has 1 aliphatic rings. The number of carbonyl (C=O) groups excluding carboxylic acids is 1. The molecule has 22 heavy (non-hydrogen) atoms. The molecule has 1 aromatic carbocycles. The first kappa shape index (κ1) is 18.7. The first-order valence-corrected chi connectivity index (χ1v) is 7.56. The van der Waals surface area contributed by atoms with Gasteiger partial charge in [0.25, 0.3) is 0 Å². The molecule has 1 saturated heterocycles. The highest BCUT2D eigenvalue weighted by Crippen LogP contribution is 2.12. The fourth-order valence-corrected chi connectivity index (χ4v) is 2.52. The van der Waals surface area contributed by atoms with E-state index in [-0.39, 0.29) is 29.9 Å². The summed E-state index contributed by atoms with van der Waals surface area (Å²) in [5.74, 6) is 0.557. The Morgan fingerprint density at radius 2 is 1.95 bits per heavy atom. The Morgan fingerprint density at radius 1 is 1.27 bits per heavy atom. The molecule has 122 valence electrons. The van der Waals surface area contributed by atoms with Crippen molar-refractivity contribution in [1.82, 2.24) is 4.90 Å². The van der Waals surface area contributed by atoms with E-state index in [1.54, 1.807) is 0 Å². The van der Waals surface area contributed by atoms with E-state index in [2.05, 4.69) is 15.2 Å². The monoisotopic (exact) mass is 416 g/mol. The van der Waals surface area contributed by atoms with Gasteiger partial charge in [-0.2, -0.15) is 0 Å². The Bertz CT molecular complexity index is 511. The number of nitrogens with one attached hydrogen (secondary N) is 1. The molecular weight excluding hydrogens is 391 g/mol. The minimum Gasteiger partial charge on any atom is -0.370 e. The van der Waals surface area contributed by atoms with E-state index in [1.807, 2.05) is 24.3 Å². The number of nitrogens with two attached hydrogens (primary N) is 1. The van der Waals surface area contributed by atoms with Crippen molar-refractivity contribution in [2.45, 2.75) is 39.2 Å². The van der Waals surface area contributed by atoms with E-state index in [0.29, 0.717) is 12.5 Å². The van der Waals surface area contributed by atoms with Crippen molar-refractivity contribution < 1.29 is 4.79 Å². The summed E-state index contributed by atoms with van der Waals surface area (Å²) in [6, 6.07) is 7.70. The Hall–Kier alpha value is -1.31. The molecule has 0 atom stereocenters. The summed E-state index contributed by atoms with van der Waals surface area (Å²) < 4.78 is 0. The van der Waals surface area contributed by atoms with E-state index < -0.39 is 0 Å². The Morgan fingerprint density at radius 3 is 2.59 bits per heavy atom. The molecular formula is C16H25IN4O. The van der Waals surface area contributed by atoms with Crippen LogP contribution in [0.3, 0.4) is 0 Å². The largest absolute Gasteiger partial charge is 0.370 e. The fourth-order valence-electron chi connectivity index (χ4n) is 2.52. The number of likely N-dealkylation sites (tertiary alicyclic amines) is 1. The third-order valence-electron chi connectivity index (χ3n) is 3.60. The normalized spacial score (nSPS) is 15.7. The van der Waals surface area contributed by atoms with E-state index in [1.165, 1.54) is 32.6 Å². The van der Waals surface area contributed by atoms with Gasteiger partial charge in [0.1, 0.15) is 0 Å². The van der Waals surface area contributed by atoms with Crippen LogP contribution < -0.4 is 11.1 Å². The third-order valence-corrected chi connectivity index (χ3v) is 3.60. The number of hydrogen-bond acceptors (Lipinski definition) is 2. The Labute approximate surface area is 149 Å². The lowest BCUT2D eigenvalue weighted by molar-refractivity contribution is -0.114. The SMILES string of the molecule is CC(=O)Nc1cccc(CN=C(N)N2CCCCCC2)c1.I. The van der Waals surface area contributed by atoms with Gasteiger partial charge >= 0.3 is 0 Å². The van der Waals surface area contributed by atoms with Crippen LogP contribution in [0.2, 0.25) is 0 Å². The van der Waals surface area contributed by atoms with Crippen LogP contribution in [0.15, 0.2) is 29.3 Å². The van der Waals surface area contributed by atoms with Crippen molar-refractivity contribution in [2.75, 3.05) is 18.4 Å². The highest BCUT2D eigenvalue weighted by molar-refractivity contribution is 14.0. The maximum absolute atomic E-state index is 11.1. The maximum Gasteiger partial charge on any atom is 0.221 e. The van der Waals surface area contributed by atoms with Crippen molar-refractivity contribution in [3.63, 3.8) is 0 Å². The lowest BCUT2D eigenvalue weighted by Crippen LogP contribution is -2.38. The number of guanidine groups is 1. The zero-order valence-electron chi connectivity index (χ0n) is 13.0. The predicted molar refractivity (Wildman–Crippen MR) is 102 cm³/mol. The summed E-state index contributed by atoms with van der Waals surface area (Å²) in [6.07, 6.45) is 4.94. The zero-order valence-corrected chi connectivity index (χ0v) is 15.4. The second kappa shape index (κ2) is 9.66. The third kappa shape index (κ3) is 6.21. The number of nitrogens with zero attached hydrogens (tertiary/aromatic N) is 2. The first-order valence-electron chi connectivity index (χ1n) is 7.56. The highest BCUT2D eigenvalue weighted by atomic mass is 127. The number of halogens is 1. The minimum absolute atomic E-state index is 0. The molecule has 5 nitrogen and oxygen atoms in total. The molecule has 0 unspecified atom stereocenters. The first-order chi connectivity index (χ1) is 10.1. The smallest absolute Gasteiger partial charge is 0.221 e. The van der Waals surface area contributed by atoms with Gasteiger partial charge in [-0.05, 0) is 30.5 Å². The van der Waals surface area contributed by atoms with Crippen molar-refractivity contribution in [1.29, 1.82) is 0 Å². The summed E-state index contributed by atoms with van der Waals surface area (Å²) in [5.41, 5.74) is 7.93. The van der Waals surface area contributed by atoms with Crippen LogP contribution in [-0.4, -0.2) is 29.9 Å². The van der Waals surface area contributed by atoms with Crippen LogP contribution in [-0.2, 0) is 11.3 Å². The van der Waals surface area contributed by atoms with E-state index in [9.17, 15) is 4.79 Å². The van der Waals surface area contributed by atoms with Gasteiger partial charge < -0.3 is 16.0 Å². The molecule has 1 heterocycles. The minimum atomic E-state index is -0.0697. The van der Waals surface area contributed by atoms with E-state index in [4.69, 9.17) is 5.73 Å². The summed E-state index contributed by atoms with van der Waals surface area (Å²) in [5, 5.41) is 2.78. The molecule has 3 N–H and O–H groups in total. The van der Waals surface area contributed by atoms with E-state index >= 15 is 0 Å². The Kier molecular flexibility index (Phi) is 8.22. The van der Waals surface area contributed by atoms with Crippen LogP contribution >= 0.6 is 24.0 Å². The molecule has 1 aliphatic heterocycles. The van der Waals surface area contributed by atoms with Crippen molar-refractivity contribution in [3.8, 4) is 0 Å². The van der Waals surface area contributed by atoms with Crippen molar-refractivity contribution in [3.05, 3.63) is 29.8 Å². The fraction of sp³-hybridized carbons (Fsp3) is 0.500. The van der Waals surface area contributed by atoms with Gasteiger partial charge in [-0.15, -0.1) is 24.0 Å². The molecule has 2 rings (SSSR count). The van der Waals surface area contributed by atoms with Crippen LogP contribution in [0.25, 0.3) is 0 Å². The second-order valence-electron chi connectivity index (χ2n) is 5.46. The number of aliphatic imine (C=N–C) groups is 1. The topological polar surface area (TPSA) is 70.7 Å². The molecule has 0 aliphatic carbocycles. The van der Waals surface area contributed by atoms with Gasteiger partial charge in [0, 0.05) is 25.7 Å². The summed E-state index contributed by atoms with van der Waals surface area (Å²) in [6.45, 7) is 4.04. The summed E-state index contributed by atoms with van der Waals surface area (Å²) in [4.78, 5) is 17.7. The number of anilines is 1. The second-order valence-corrected chi connectivity index (χ2v) is 5.46. The lowest BCUT2D eigenvalue weighted by Gasteiger charge is -2.21. The molecule has 1 fully saturated rings. The molecule has 1 aromatic rings. The number of rotatable bonds is 3. The van der Waals surface area contributed by atoms with Crippen LogP contribution in [0.4, 0.5) is 5.69 Å². The number of carbonyl (C=O) groups is 1. The quantitative estimate of drug-likeness (QED) is 0.452. The molecule has 0 saturated carbocycles. The molecule has 0 bridgehead atoms. The molecule has 0 radical (unpaired) electrons. The lowest BCUT2D eigenvalue weighted by atomic mass is 10.2. The Balaban J connectivity index is 0.00000242. The highest BCUT2D eigenvalue weighted by Gasteiger charge is 2.10. The average molecular weight is 416 g/mol. The van der Waals surface area contributed by atoms with Gasteiger partial charge in [-0.25, -0.2) is 4.99 Å². The standard InChI is InChI=1S/C16H24N4O.HI/c1-13(21)19-15-8-6-7-14(11-15)12-18-16(17)20-9-4-2-3-5-10-20;/h6-8,11H,2-5,9-10,12H2,1H3,(H2,17,18)(H,19,21);1H. The zero-order chi connectivity index (χ0) is 15.1. The summed E-state index contributed by atoms with van der Waals surface area (Å²) >= 11 is 0. The van der Waals surface area contributed by atoms with E-state index in [0.717, 1.165) is 24.3 Å².